The molecule has 5 aliphatic rings. The van der Waals surface area contributed by atoms with Gasteiger partial charge in [-0.15, -0.1) is 0 Å². The fraction of sp³-hybridized carbons (Fsp3) is 0.871. The van der Waals surface area contributed by atoms with E-state index in [1.807, 2.05) is 0 Å². The van der Waals surface area contributed by atoms with Crippen LogP contribution in [0.1, 0.15) is 106 Å². The van der Waals surface area contributed by atoms with Crippen LogP contribution >= 0.6 is 0 Å². The summed E-state index contributed by atoms with van der Waals surface area (Å²) in [6.45, 7) is 16.1. The minimum absolute atomic E-state index is 0.000704. The molecular formula is C31H48O4. The van der Waals surface area contributed by atoms with Gasteiger partial charge >= 0.3 is 5.97 Å². The number of allylic oxidation sites excluding steroid dienone is 2. The van der Waals surface area contributed by atoms with E-state index in [0.29, 0.717) is 18.1 Å². The zero-order valence-corrected chi connectivity index (χ0v) is 23.4. The zero-order valence-electron chi connectivity index (χ0n) is 23.4. The molecule has 0 amide bonds. The monoisotopic (exact) mass is 484 g/mol. The molecule has 196 valence electrons. The minimum Gasteiger partial charge on any atom is -0.469 e. The van der Waals surface area contributed by atoms with Crippen molar-refractivity contribution < 1.29 is 19.4 Å². The number of aliphatic hydroxyl groups is 1. The van der Waals surface area contributed by atoms with Crippen LogP contribution in [0, 0.1) is 50.2 Å². The van der Waals surface area contributed by atoms with Crippen LogP contribution in [0.3, 0.4) is 0 Å². The molecule has 5 aliphatic carbocycles. The van der Waals surface area contributed by atoms with Crippen LogP contribution < -0.4 is 0 Å². The second-order valence-corrected chi connectivity index (χ2v) is 15.2. The van der Waals surface area contributed by atoms with Crippen LogP contribution in [0.4, 0.5) is 0 Å². The molecule has 0 bridgehead atoms. The quantitative estimate of drug-likeness (QED) is 0.341. The van der Waals surface area contributed by atoms with Crippen molar-refractivity contribution in [3.63, 3.8) is 0 Å². The first kappa shape index (κ1) is 25.5. The van der Waals surface area contributed by atoms with Crippen LogP contribution in [0.2, 0.25) is 0 Å². The van der Waals surface area contributed by atoms with Crippen molar-refractivity contribution in [3.8, 4) is 0 Å². The molecule has 0 aromatic rings. The van der Waals surface area contributed by atoms with E-state index in [9.17, 15) is 14.7 Å². The van der Waals surface area contributed by atoms with Crippen molar-refractivity contribution in [3.05, 3.63) is 11.6 Å². The third-order valence-electron chi connectivity index (χ3n) is 12.9. The van der Waals surface area contributed by atoms with E-state index in [0.717, 1.165) is 51.4 Å². The highest BCUT2D eigenvalue weighted by atomic mass is 16.5. The average Bonchev–Trinajstić information content (AvgIpc) is 2.76. The first-order chi connectivity index (χ1) is 16.1. The number of aliphatic hydroxyl groups excluding tert-OH is 1. The predicted octanol–water partition coefficient (Wildman–Crippen LogP) is 6.50. The number of rotatable bonds is 1. The molecule has 4 fully saturated rings. The number of carbonyl (C=O) groups excluding carboxylic acids is 2. The summed E-state index contributed by atoms with van der Waals surface area (Å²) in [4.78, 5) is 26.3. The summed E-state index contributed by atoms with van der Waals surface area (Å²) in [7, 11) is 1.55. The number of hydrogen-bond donors (Lipinski definition) is 1. The normalized spacial score (nSPS) is 50.1. The maximum absolute atomic E-state index is 13.3. The molecule has 4 nitrogen and oxygen atoms in total. The van der Waals surface area contributed by atoms with Crippen molar-refractivity contribution in [1.82, 2.24) is 0 Å². The van der Waals surface area contributed by atoms with Crippen molar-refractivity contribution in [2.75, 3.05) is 7.11 Å². The first-order valence-electron chi connectivity index (χ1n) is 14.1. The second kappa shape index (κ2) is 7.45. The molecule has 0 aromatic carbocycles. The van der Waals surface area contributed by atoms with Gasteiger partial charge in [0, 0.05) is 17.8 Å². The van der Waals surface area contributed by atoms with Crippen molar-refractivity contribution >= 4 is 11.8 Å². The Bertz CT molecular complexity index is 976. The number of carbonyl (C=O) groups is 2. The van der Waals surface area contributed by atoms with Crippen LogP contribution in [0.15, 0.2) is 11.6 Å². The molecule has 1 N–H and O–H groups in total. The standard InChI is InChI=1S/C31H48O4/c1-26(2)13-15-31(25(34)35-8)16-14-29(6)19(20(31)17-26)9-10-22-28(5)12-11-23(33)27(3,4)24(28)21(32)18-30(22,29)7/h9,20-22,24,32H,10-18H2,1-8H3. The van der Waals surface area contributed by atoms with Crippen molar-refractivity contribution in [2.45, 2.75) is 112 Å². The summed E-state index contributed by atoms with van der Waals surface area (Å²) in [5.74, 6) is 0.926. The Morgan fingerprint density at radius 2 is 1.63 bits per heavy atom. The van der Waals surface area contributed by atoms with Gasteiger partial charge in [-0.2, -0.15) is 0 Å². The predicted molar refractivity (Wildman–Crippen MR) is 137 cm³/mol. The van der Waals surface area contributed by atoms with Crippen molar-refractivity contribution in [2.24, 2.45) is 50.2 Å². The van der Waals surface area contributed by atoms with Gasteiger partial charge < -0.3 is 9.84 Å². The molecule has 0 spiro atoms. The molecule has 0 radical (unpaired) electrons. The highest BCUT2D eigenvalue weighted by Crippen LogP contribution is 2.75. The fourth-order valence-electron chi connectivity index (χ4n) is 10.8. The smallest absolute Gasteiger partial charge is 0.312 e. The summed E-state index contributed by atoms with van der Waals surface area (Å²) >= 11 is 0. The van der Waals surface area contributed by atoms with E-state index in [2.05, 4.69) is 54.5 Å². The molecule has 8 atom stereocenters. The third kappa shape index (κ3) is 3.07. The lowest BCUT2D eigenvalue weighted by Gasteiger charge is -2.71. The lowest BCUT2D eigenvalue weighted by molar-refractivity contribution is -0.220. The van der Waals surface area contributed by atoms with Gasteiger partial charge in [-0.25, -0.2) is 0 Å². The van der Waals surface area contributed by atoms with Crippen LogP contribution in [0.25, 0.3) is 0 Å². The Kier molecular flexibility index (Phi) is 5.43. The largest absolute Gasteiger partial charge is 0.469 e. The number of methoxy groups -OCH3 is 1. The van der Waals surface area contributed by atoms with Crippen LogP contribution in [0.5, 0.6) is 0 Å². The Morgan fingerprint density at radius 1 is 0.971 bits per heavy atom. The van der Waals surface area contributed by atoms with E-state index in [1.165, 1.54) is 5.57 Å². The summed E-state index contributed by atoms with van der Waals surface area (Å²) < 4.78 is 5.46. The molecule has 0 aromatic heterocycles. The lowest BCUT2D eigenvalue weighted by Crippen LogP contribution is -2.68. The number of Topliss-reactive ketones (excluding diaryl/α,β-unsaturated/α-hetero) is 1. The van der Waals surface area contributed by atoms with Gasteiger partial charge in [0.15, 0.2) is 0 Å². The van der Waals surface area contributed by atoms with E-state index in [4.69, 9.17) is 4.74 Å². The SMILES string of the molecule is COC(=O)C12CCC(C)(C)CC1C1=CCC3C4(C)CCC(=O)C(C)(C)C4C(O)CC3(C)C1(C)CC2. The second-order valence-electron chi connectivity index (χ2n) is 15.2. The molecule has 0 saturated heterocycles. The highest BCUT2D eigenvalue weighted by molar-refractivity contribution is 5.85. The topological polar surface area (TPSA) is 63.6 Å². The summed E-state index contributed by atoms with van der Waals surface area (Å²) in [6, 6.07) is 0. The minimum atomic E-state index is -0.487. The Hall–Kier alpha value is -1.16. The Balaban J connectivity index is 1.63. The first-order valence-corrected chi connectivity index (χ1v) is 14.1. The average molecular weight is 485 g/mol. The van der Waals surface area contributed by atoms with E-state index in [-0.39, 0.29) is 39.5 Å². The van der Waals surface area contributed by atoms with Gasteiger partial charge in [-0.05, 0) is 84.9 Å². The molecule has 4 heteroatoms. The number of esters is 1. The molecule has 35 heavy (non-hydrogen) atoms. The number of ether oxygens (including phenoxy) is 1. The van der Waals surface area contributed by atoms with Gasteiger partial charge in [0.2, 0.25) is 0 Å². The van der Waals surface area contributed by atoms with Crippen LogP contribution in [-0.2, 0) is 14.3 Å². The third-order valence-corrected chi connectivity index (χ3v) is 12.9. The fourth-order valence-corrected chi connectivity index (χ4v) is 10.8. The van der Waals surface area contributed by atoms with Gasteiger partial charge in [0.25, 0.3) is 0 Å². The summed E-state index contributed by atoms with van der Waals surface area (Å²) in [6.07, 6.45) is 10.1. The van der Waals surface area contributed by atoms with E-state index >= 15 is 0 Å². The lowest BCUT2D eigenvalue weighted by atomic mass is 9.33. The molecule has 5 rings (SSSR count). The molecule has 0 aliphatic heterocycles. The Morgan fingerprint density at radius 3 is 2.29 bits per heavy atom. The van der Waals surface area contributed by atoms with E-state index in [1.54, 1.807) is 7.11 Å². The zero-order chi connectivity index (χ0) is 25.8. The summed E-state index contributed by atoms with van der Waals surface area (Å²) in [5.41, 5.74) is 0.582. The van der Waals surface area contributed by atoms with Gasteiger partial charge in [0.05, 0.1) is 18.6 Å². The molecule has 4 saturated carbocycles. The number of hydrogen-bond acceptors (Lipinski definition) is 4. The van der Waals surface area contributed by atoms with Gasteiger partial charge in [-0.1, -0.05) is 60.1 Å². The highest BCUT2D eigenvalue weighted by Gasteiger charge is 2.71. The van der Waals surface area contributed by atoms with Gasteiger partial charge in [0.1, 0.15) is 5.78 Å². The molecular weight excluding hydrogens is 436 g/mol. The molecule has 0 heterocycles. The van der Waals surface area contributed by atoms with Crippen molar-refractivity contribution in [1.29, 1.82) is 0 Å². The van der Waals surface area contributed by atoms with E-state index < -0.39 is 16.9 Å². The van der Waals surface area contributed by atoms with Gasteiger partial charge in [-0.3, -0.25) is 9.59 Å². The molecule has 8 unspecified atom stereocenters. The van der Waals surface area contributed by atoms with Crippen LogP contribution in [-0.4, -0.2) is 30.1 Å². The number of ketones is 1. The number of fused-ring (bicyclic) bond motifs is 7. The maximum atomic E-state index is 13.3. The maximum Gasteiger partial charge on any atom is 0.312 e. The summed E-state index contributed by atoms with van der Waals surface area (Å²) in [5, 5.41) is 11.8. The Labute approximate surface area is 212 Å².